The fourth-order valence-electron chi connectivity index (χ4n) is 0.871. The van der Waals surface area contributed by atoms with Gasteiger partial charge in [0, 0.05) is 11.5 Å². The number of rotatable bonds is 1. The van der Waals surface area contributed by atoms with Crippen LogP contribution in [0.2, 0.25) is 0 Å². The fourth-order valence-corrected chi connectivity index (χ4v) is 0.871. The van der Waals surface area contributed by atoms with Gasteiger partial charge in [-0.15, -0.1) is 0 Å². The summed E-state index contributed by atoms with van der Waals surface area (Å²) < 4.78 is 0. The van der Waals surface area contributed by atoms with Gasteiger partial charge in [0.05, 0.1) is 0 Å². The Bertz CT molecular complexity index is 183. The molecule has 0 aromatic heterocycles. The molecule has 0 fully saturated rings. The van der Waals surface area contributed by atoms with Crippen molar-refractivity contribution in [3.63, 3.8) is 0 Å². The summed E-state index contributed by atoms with van der Waals surface area (Å²) in [6.45, 7) is 14.2. The number of nitrogens with one attached hydrogen (secondary N) is 1. The summed E-state index contributed by atoms with van der Waals surface area (Å²) in [6, 6.07) is 0. The highest BCUT2D eigenvalue weighted by molar-refractivity contribution is 5.79. The van der Waals surface area contributed by atoms with Crippen LogP contribution in [0.5, 0.6) is 0 Å². The number of amides is 1. The van der Waals surface area contributed by atoms with Crippen molar-refractivity contribution in [3.05, 3.63) is 0 Å². The second-order valence-electron chi connectivity index (χ2n) is 5.83. The normalized spacial score (nSPS) is 15.3. The monoisotopic (exact) mass is 185 g/mol. The van der Waals surface area contributed by atoms with Crippen LogP contribution in [-0.2, 0) is 4.79 Å². The lowest BCUT2D eigenvalue weighted by Crippen LogP contribution is -2.46. The van der Waals surface area contributed by atoms with Gasteiger partial charge in [-0.25, -0.2) is 0 Å². The number of carbonyl (C=O) groups is 1. The van der Waals surface area contributed by atoms with E-state index < -0.39 is 0 Å². The zero-order valence-electron chi connectivity index (χ0n) is 9.99. The molecule has 1 atom stereocenters. The Kier molecular flexibility index (Phi) is 3.54. The second kappa shape index (κ2) is 3.69. The van der Waals surface area contributed by atoms with Crippen molar-refractivity contribution in [1.29, 1.82) is 0 Å². The SMILES string of the molecule is CC(C(=O)NC(C)(C)C)C(C)(C)C. The van der Waals surface area contributed by atoms with E-state index in [4.69, 9.17) is 0 Å². The van der Waals surface area contributed by atoms with Gasteiger partial charge in [0.2, 0.25) is 5.91 Å². The van der Waals surface area contributed by atoms with E-state index in [1.807, 2.05) is 27.7 Å². The number of carbonyl (C=O) groups excluding carboxylic acids is 1. The molecule has 0 aliphatic heterocycles. The Hall–Kier alpha value is -0.530. The van der Waals surface area contributed by atoms with Crippen molar-refractivity contribution in [2.75, 3.05) is 0 Å². The Morgan fingerprint density at radius 2 is 1.46 bits per heavy atom. The molecule has 1 unspecified atom stereocenters. The molecule has 0 aromatic carbocycles. The van der Waals surface area contributed by atoms with Crippen LogP contribution in [0.1, 0.15) is 48.5 Å². The highest BCUT2D eigenvalue weighted by Crippen LogP contribution is 2.25. The Labute approximate surface area is 82.1 Å². The lowest BCUT2D eigenvalue weighted by molar-refractivity contribution is -0.128. The topological polar surface area (TPSA) is 29.1 Å². The summed E-state index contributed by atoms with van der Waals surface area (Å²) in [4.78, 5) is 11.7. The van der Waals surface area contributed by atoms with Gasteiger partial charge < -0.3 is 5.32 Å². The molecule has 1 amide bonds. The quantitative estimate of drug-likeness (QED) is 0.668. The van der Waals surface area contributed by atoms with Crippen LogP contribution in [-0.4, -0.2) is 11.4 Å². The first-order valence-electron chi connectivity index (χ1n) is 4.86. The molecule has 0 bridgehead atoms. The summed E-state index contributed by atoms with van der Waals surface area (Å²) in [5.74, 6) is 0.187. The van der Waals surface area contributed by atoms with E-state index in [2.05, 4.69) is 26.1 Å². The Morgan fingerprint density at radius 3 is 1.69 bits per heavy atom. The molecule has 0 aromatic rings. The van der Waals surface area contributed by atoms with Crippen LogP contribution in [0, 0.1) is 11.3 Å². The van der Waals surface area contributed by atoms with Gasteiger partial charge in [0.1, 0.15) is 0 Å². The second-order valence-corrected chi connectivity index (χ2v) is 5.83. The largest absolute Gasteiger partial charge is 0.351 e. The smallest absolute Gasteiger partial charge is 0.223 e. The van der Waals surface area contributed by atoms with Gasteiger partial charge in [-0.3, -0.25) is 4.79 Å². The molecule has 1 N–H and O–H groups in total. The molecule has 0 aliphatic rings. The summed E-state index contributed by atoms with van der Waals surface area (Å²) in [5.41, 5.74) is -0.0913. The van der Waals surface area contributed by atoms with Gasteiger partial charge in [0.25, 0.3) is 0 Å². The minimum absolute atomic E-state index is 0.0370. The molecule has 0 aliphatic carbocycles. The van der Waals surface area contributed by atoms with Crippen LogP contribution in [0.25, 0.3) is 0 Å². The van der Waals surface area contributed by atoms with Crippen LogP contribution < -0.4 is 5.32 Å². The van der Waals surface area contributed by atoms with Crippen molar-refractivity contribution >= 4 is 5.91 Å². The van der Waals surface area contributed by atoms with Gasteiger partial charge >= 0.3 is 0 Å². The molecule has 0 radical (unpaired) electrons. The highest BCUT2D eigenvalue weighted by Gasteiger charge is 2.28. The molecular formula is C11H23NO. The minimum Gasteiger partial charge on any atom is -0.351 e. The fraction of sp³-hybridized carbons (Fsp3) is 0.909. The lowest BCUT2D eigenvalue weighted by Gasteiger charge is -2.30. The van der Waals surface area contributed by atoms with Gasteiger partial charge in [-0.2, -0.15) is 0 Å². The molecule has 0 saturated heterocycles. The van der Waals surface area contributed by atoms with E-state index in [9.17, 15) is 4.79 Å². The standard InChI is InChI=1S/C11H23NO/c1-8(10(2,3)4)9(13)12-11(5,6)7/h8H,1-7H3,(H,12,13). The summed E-state index contributed by atoms with van der Waals surface area (Å²) in [5, 5.41) is 2.99. The molecule has 0 saturated carbocycles. The first-order valence-corrected chi connectivity index (χ1v) is 4.86. The van der Waals surface area contributed by atoms with Crippen LogP contribution in [0.3, 0.4) is 0 Å². The maximum Gasteiger partial charge on any atom is 0.223 e. The Balaban J connectivity index is 4.30. The summed E-state index contributed by atoms with van der Waals surface area (Å²) in [7, 11) is 0. The molecule has 2 heteroatoms. The van der Waals surface area contributed by atoms with Crippen LogP contribution >= 0.6 is 0 Å². The van der Waals surface area contributed by atoms with Crippen molar-refractivity contribution in [3.8, 4) is 0 Å². The van der Waals surface area contributed by atoms with Gasteiger partial charge in [-0.05, 0) is 26.2 Å². The minimum atomic E-state index is -0.128. The van der Waals surface area contributed by atoms with E-state index in [0.29, 0.717) is 0 Å². The molecule has 13 heavy (non-hydrogen) atoms. The van der Waals surface area contributed by atoms with E-state index in [1.54, 1.807) is 0 Å². The predicted molar refractivity (Wildman–Crippen MR) is 56.5 cm³/mol. The van der Waals surface area contributed by atoms with E-state index in [1.165, 1.54) is 0 Å². The molecule has 0 spiro atoms. The maximum absolute atomic E-state index is 11.7. The van der Waals surface area contributed by atoms with Crippen LogP contribution in [0.4, 0.5) is 0 Å². The first-order chi connectivity index (χ1) is 5.54. The van der Waals surface area contributed by atoms with Gasteiger partial charge in [-0.1, -0.05) is 27.7 Å². The zero-order chi connectivity index (χ0) is 10.9. The highest BCUT2D eigenvalue weighted by atomic mass is 16.2. The Morgan fingerprint density at radius 1 is 1.08 bits per heavy atom. The average Bonchev–Trinajstić information content (AvgIpc) is 1.79. The van der Waals surface area contributed by atoms with E-state index >= 15 is 0 Å². The number of hydrogen-bond donors (Lipinski definition) is 1. The van der Waals surface area contributed by atoms with Crippen molar-refractivity contribution in [2.45, 2.75) is 54.0 Å². The summed E-state index contributed by atoms with van der Waals surface area (Å²) in [6.07, 6.45) is 0. The third kappa shape index (κ3) is 4.91. The van der Waals surface area contributed by atoms with Crippen LogP contribution in [0.15, 0.2) is 0 Å². The molecule has 0 heterocycles. The maximum atomic E-state index is 11.7. The average molecular weight is 185 g/mol. The lowest BCUT2D eigenvalue weighted by atomic mass is 9.81. The van der Waals surface area contributed by atoms with Gasteiger partial charge in [0.15, 0.2) is 0 Å². The predicted octanol–water partition coefficient (Wildman–Crippen LogP) is 2.58. The van der Waals surface area contributed by atoms with E-state index in [-0.39, 0.29) is 22.8 Å². The molecule has 78 valence electrons. The molecule has 0 rings (SSSR count). The third-order valence-corrected chi connectivity index (χ3v) is 2.19. The summed E-state index contributed by atoms with van der Waals surface area (Å²) >= 11 is 0. The first kappa shape index (κ1) is 12.5. The van der Waals surface area contributed by atoms with Crippen molar-refractivity contribution < 1.29 is 4.79 Å². The third-order valence-electron chi connectivity index (χ3n) is 2.19. The number of hydrogen-bond acceptors (Lipinski definition) is 1. The van der Waals surface area contributed by atoms with Crippen molar-refractivity contribution in [1.82, 2.24) is 5.32 Å². The van der Waals surface area contributed by atoms with Crippen molar-refractivity contribution in [2.24, 2.45) is 11.3 Å². The van der Waals surface area contributed by atoms with E-state index in [0.717, 1.165) is 0 Å². The molecule has 2 nitrogen and oxygen atoms in total. The zero-order valence-corrected chi connectivity index (χ0v) is 9.99. The molecular weight excluding hydrogens is 162 g/mol.